The number of hydrogen-bond acceptors (Lipinski definition) is 3. The molecule has 0 amide bonds. The molecule has 0 bridgehead atoms. The van der Waals surface area contributed by atoms with Gasteiger partial charge < -0.3 is 15.5 Å². The van der Waals surface area contributed by atoms with Crippen LogP contribution in [0.1, 0.15) is 11.3 Å². The lowest BCUT2D eigenvalue weighted by atomic mass is 10.2. The Kier molecular flexibility index (Phi) is 3.15. The van der Waals surface area contributed by atoms with Crippen molar-refractivity contribution >= 4 is 11.4 Å². The van der Waals surface area contributed by atoms with Gasteiger partial charge in [0.05, 0.1) is 6.26 Å². The second kappa shape index (κ2) is 4.75. The smallest absolute Gasteiger partial charge is 0.105 e. The molecular weight excluding hydrogens is 200 g/mol. The molecule has 1 heterocycles. The summed E-state index contributed by atoms with van der Waals surface area (Å²) in [5.41, 5.74) is 8.81. The maximum Gasteiger partial charge on any atom is 0.105 e. The third kappa shape index (κ3) is 2.57. The Hall–Kier alpha value is -1.90. The van der Waals surface area contributed by atoms with E-state index in [9.17, 15) is 0 Å². The molecule has 0 atom stereocenters. The van der Waals surface area contributed by atoms with Crippen molar-refractivity contribution in [2.75, 3.05) is 17.6 Å². The second-order valence-electron chi connectivity index (χ2n) is 3.83. The number of aryl methyl sites for hydroxylation is 1. The van der Waals surface area contributed by atoms with Crippen LogP contribution in [-0.2, 0) is 6.42 Å². The van der Waals surface area contributed by atoms with Crippen molar-refractivity contribution in [3.63, 3.8) is 0 Å². The number of anilines is 2. The Balaban J connectivity index is 1.92. The molecule has 1 aromatic carbocycles. The van der Waals surface area contributed by atoms with E-state index >= 15 is 0 Å². The normalized spacial score (nSPS) is 10.3. The van der Waals surface area contributed by atoms with Gasteiger partial charge in [-0.3, -0.25) is 0 Å². The molecule has 0 aliphatic rings. The van der Waals surface area contributed by atoms with E-state index in [0.29, 0.717) is 0 Å². The average Bonchev–Trinajstić information content (AvgIpc) is 2.76. The largest absolute Gasteiger partial charge is 0.469 e. The molecule has 2 aromatic rings. The molecule has 3 heteroatoms. The Morgan fingerprint density at radius 2 is 2.19 bits per heavy atom. The molecule has 0 unspecified atom stereocenters. The average molecular weight is 216 g/mol. The SMILES string of the molecule is Cc1ccc(N)cc1NCCc1ccco1. The number of nitrogens with two attached hydrogens (primary N) is 1. The summed E-state index contributed by atoms with van der Waals surface area (Å²) in [7, 11) is 0. The first-order valence-electron chi connectivity index (χ1n) is 5.38. The van der Waals surface area contributed by atoms with Gasteiger partial charge in [-0.1, -0.05) is 6.07 Å². The summed E-state index contributed by atoms with van der Waals surface area (Å²) in [5.74, 6) is 0.994. The lowest BCUT2D eigenvalue weighted by Crippen LogP contribution is -2.05. The molecule has 2 rings (SSSR count). The van der Waals surface area contributed by atoms with Crippen LogP contribution in [0.15, 0.2) is 41.0 Å². The van der Waals surface area contributed by atoms with Gasteiger partial charge in [0.1, 0.15) is 5.76 Å². The van der Waals surface area contributed by atoms with E-state index in [1.54, 1.807) is 6.26 Å². The molecule has 0 aliphatic heterocycles. The van der Waals surface area contributed by atoms with Crippen LogP contribution in [0.2, 0.25) is 0 Å². The van der Waals surface area contributed by atoms with Gasteiger partial charge in [0, 0.05) is 24.3 Å². The van der Waals surface area contributed by atoms with Crippen LogP contribution < -0.4 is 11.1 Å². The monoisotopic (exact) mass is 216 g/mol. The van der Waals surface area contributed by atoms with Gasteiger partial charge in [-0.2, -0.15) is 0 Å². The Morgan fingerprint density at radius 1 is 1.31 bits per heavy atom. The molecule has 1 aromatic heterocycles. The molecule has 16 heavy (non-hydrogen) atoms. The van der Waals surface area contributed by atoms with Gasteiger partial charge in [0.25, 0.3) is 0 Å². The zero-order valence-corrected chi connectivity index (χ0v) is 9.36. The number of hydrogen-bond donors (Lipinski definition) is 2. The maximum absolute atomic E-state index is 5.74. The summed E-state index contributed by atoms with van der Waals surface area (Å²) in [6.07, 6.45) is 2.57. The standard InChI is InChI=1S/C13H16N2O/c1-10-4-5-11(14)9-13(10)15-7-6-12-3-2-8-16-12/h2-5,8-9,15H,6-7,14H2,1H3. The predicted molar refractivity (Wildman–Crippen MR) is 66.5 cm³/mol. The van der Waals surface area contributed by atoms with Crippen LogP contribution in [0.5, 0.6) is 0 Å². The third-order valence-electron chi connectivity index (χ3n) is 2.53. The summed E-state index contributed by atoms with van der Waals surface area (Å²) in [5, 5.41) is 3.35. The van der Waals surface area contributed by atoms with E-state index < -0.39 is 0 Å². The predicted octanol–water partition coefficient (Wildman–Crippen LogP) is 2.82. The van der Waals surface area contributed by atoms with Crippen LogP contribution >= 0.6 is 0 Å². The number of nitrogens with one attached hydrogen (secondary N) is 1. The topological polar surface area (TPSA) is 51.2 Å². The highest BCUT2D eigenvalue weighted by Gasteiger charge is 1.99. The van der Waals surface area contributed by atoms with Gasteiger partial charge in [0.2, 0.25) is 0 Å². The Bertz CT molecular complexity index is 449. The van der Waals surface area contributed by atoms with Crippen molar-refractivity contribution in [1.29, 1.82) is 0 Å². The quantitative estimate of drug-likeness (QED) is 0.773. The van der Waals surface area contributed by atoms with Crippen molar-refractivity contribution in [2.24, 2.45) is 0 Å². The maximum atomic E-state index is 5.74. The van der Waals surface area contributed by atoms with E-state index in [1.165, 1.54) is 5.56 Å². The third-order valence-corrected chi connectivity index (χ3v) is 2.53. The van der Waals surface area contributed by atoms with Crippen LogP contribution in [0.25, 0.3) is 0 Å². The molecule has 84 valence electrons. The van der Waals surface area contributed by atoms with Gasteiger partial charge in [-0.15, -0.1) is 0 Å². The first-order chi connectivity index (χ1) is 7.75. The highest BCUT2D eigenvalue weighted by atomic mass is 16.3. The molecule has 0 aliphatic carbocycles. The molecule has 0 saturated heterocycles. The fourth-order valence-corrected chi connectivity index (χ4v) is 1.61. The summed E-state index contributed by atoms with van der Waals surface area (Å²) in [6, 6.07) is 9.77. The number of benzene rings is 1. The van der Waals surface area contributed by atoms with E-state index in [-0.39, 0.29) is 0 Å². The van der Waals surface area contributed by atoms with Crippen molar-refractivity contribution in [1.82, 2.24) is 0 Å². The number of furan rings is 1. The summed E-state index contributed by atoms with van der Waals surface area (Å²) in [4.78, 5) is 0. The molecule has 0 spiro atoms. The molecular formula is C13H16N2O. The van der Waals surface area contributed by atoms with Crippen molar-refractivity contribution in [3.05, 3.63) is 47.9 Å². The van der Waals surface area contributed by atoms with Crippen molar-refractivity contribution in [3.8, 4) is 0 Å². The molecule has 0 fully saturated rings. The molecule has 0 saturated carbocycles. The van der Waals surface area contributed by atoms with E-state index in [1.807, 2.05) is 30.3 Å². The van der Waals surface area contributed by atoms with Crippen molar-refractivity contribution < 1.29 is 4.42 Å². The fourth-order valence-electron chi connectivity index (χ4n) is 1.61. The van der Waals surface area contributed by atoms with E-state index in [4.69, 9.17) is 10.2 Å². The summed E-state index contributed by atoms with van der Waals surface area (Å²) >= 11 is 0. The van der Waals surface area contributed by atoms with E-state index in [0.717, 1.165) is 30.1 Å². The molecule has 0 radical (unpaired) electrons. The highest BCUT2D eigenvalue weighted by Crippen LogP contribution is 2.17. The van der Waals surface area contributed by atoms with Crippen LogP contribution in [0.4, 0.5) is 11.4 Å². The lowest BCUT2D eigenvalue weighted by Gasteiger charge is -2.09. The summed E-state index contributed by atoms with van der Waals surface area (Å²) < 4.78 is 5.26. The van der Waals surface area contributed by atoms with Gasteiger partial charge in [-0.05, 0) is 36.8 Å². The minimum Gasteiger partial charge on any atom is -0.469 e. The first-order valence-corrected chi connectivity index (χ1v) is 5.38. The van der Waals surface area contributed by atoms with Gasteiger partial charge in [0.15, 0.2) is 0 Å². The second-order valence-corrected chi connectivity index (χ2v) is 3.83. The first kappa shape index (κ1) is 10.6. The molecule has 3 nitrogen and oxygen atoms in total. The van der Waals surface area contributed by atoms with Gasteiger partial charge >= 0.3 is 0 Å². The highest BCUT2D eigenvalue weighted by molar-refractivity contribution is 5.59. The molecule has 3 N–H and O–H groups in total. The lowest BCUT2D eigenvalue weighted by molar-refractivity contribution is 0.513. The fraction of sp³-hybridized carbons (Fsp3) is 0.231. The zero-order valence-electron chi connectivity index (χ0n) is 9.36. The zero-order chi connectivity index (χ0) is 11.4. The van der Waals surface area contributed by atoms with Gasteiger partial charge in [-0.25, -0.2) is 0 Å². The van der Waals surface area contributed by atoms with Crippen LogP contribution in [0.3, 0.4) is 0 Å². The minimum absolute atomic E-state index is 0.783. The summed E-state index contributed by atoms with van der Waals surface area (Å²) in [6.45, 7) is 2.91. The number of nitrogen functional groups attached to an aromatic ring is 1. The Morgan fingerprint density at radius 3 is 2.94 bits per heavy atom. The van der Waals surface area contributed by atoms with Crippen LogP contribution in [-0.4, -0.2) is 6.54 Å². The Labute approximate surface area is 95.3 Å². The van der Waals surface area contributed by atoms with E-state index in [2.05, 4.69) is 12.2 Å². The number of rotatable bonds is 4. The van der Waals surface area contributed by atoms with Crippen LogP contribution in [0, 0.1) is 6.92 Å². The minimum atomic E-state index is 0.783. The van der Waals surface area contributed by atoms with Crippen molar-refractivity contribution in [2.45, 2.75) is 13.3 Å².